The van der Waals surface area contributed by atoms with Gasteiger partial charge in [-0.3, -0.25) is 0 Å². The third kappa shape index (κ3) is 6.62. The predicted molar refractivity (Wildman–Crippen MR) is 297 cm³/mol. The lowest BCUT2D eigenvalue weighted by Gasteiger charge is -2.27. The fourth-order valence-corrected chi connectivity index (χ4v) is 12.0. The zero-order chi connectivity index (χ0) is 47.1. The Balaban J connectivity index is 0.777. The van der Waals surface area contributed by atoms with Crippen molar-refractivity contribution in [3.63, 3.8) is 0 Å². The van der Waals surface area contributed by atoms with Gasteiger partial charge in [0.15, 0.2) is 0 Å². The standard InChI is InChI=1S/C68H52N2/c1-67(2)63-21-13-11-19-59(63)61-39-31-49-43-55(37-41-57(49)65(61)67)69(51-15-7-5-8-16-51)53-33-27-47(28-34-53)45-23-25-46(26-24-45)48-29-35-54(36-30-48)70(52-17-9-6-10-18-52)56-38-42-58-50(44-56)32-40-62-60-20-12-14-22-64(60)68(3,4)66(58)62/h5-44H,1-4H3. The molecule has 0 unspecified atom stereocenters. The molecule has 0 aliphatic heterocycles. The molecule has 0 heterocycles. The number of rotatable bonds is 8. The molecule has 0 fully saturated rings. The lowest BCUT2D eigenvalue weighted by atomic mass is 9.80. The molecule has 13 rings (SSSR count). The predicted octanol–water partition coefficient (Wildman–Crippen LogP) is 18.9. The van der Waals surface area contributed by atoms with Gasteiger partial charge in [0.05, 0.1) is 0 Å². The fourth-order valence-electron chi connectivity index (χ4n) is 12.0. The van der Waals surface area contributed by atoms with Crippen molar-refractivity contribution < 1.29 is 0 Å². The second kappa shape index (κ2) is 16.1. The number of hydrogen-bond acceptors (Lipinski definition) is 2. The Labute approximate surface area is 411 Å². The maximum absolute atomic E-state index is 2.37. The second-order valence-electron chi connectivity index (χ2n) is 20.1. The highest BCUT2D eigenvalue weighted by molar-refractivity contribution is 6.01. The van der Waals surface area contributed by atoms with Gasteiger partial charge in [0.2, 0.25) is 0 Å². The summed E-state index contributed by atoms with van der Waals surface area (Å²) in [4.78, 5) is 4.74. The minimum absolute atomic E-state index is 0.0673. The molecule has 0 saturated heterocycles. The molecular weight excluding hydrogens is 845 g/mol. The van der Waals surface area contributed by atoms with Crippen LogP contribution in [0.1, 0.15) is 49.9 Å². The van der Waals surface area contributed by atoms with Gasteiger partial charge in [-0.2, -0.15) is 0 Å². The summed E-state index contributed by atoms with van der Waals surface area (Å²) in [5, 5.41) is 5.14. The van der Waals surface area contributed by atoms with E-state index in [9.17, 15) is 0 Å². The number of anilines is 6. The molecule has 0 amide bonds. The van der Waals surface area contributed by atoms with Gasteiger partial charge in [-0.05, 0) is 161 Å². The minimum Gasteiger partial charge on any atom is -0.310 e. The van der Waals surface area contributed by atoms with Crippen LogP contribution in [0.25, 0.3) is 66.1 Å². The Morgan fingerprint density at radius 2 is 0.571 bits per heavy atom. The Hall–Kier alpha value is -8.46. The highest BCUT2D eigenvalue weighted by Gasteiger charge is 2.38. The third-order valence-electron chi connectivity index (χ3n) is 15.4. The van der Waals surface area contributed by atoms with Crippen molar-refractivity contribution in [3.05, 3.63) is 265 Å². The quantitative estimate of drug-likeness (QED) is 0.150. The zero-order valence-electron chi connectivity index (χ0n) is 40.0. The van der Waals surface area contributed by atoms with Crippen LogP contribution in [0.2, 0.25) is 0 Å². The van der Waals surface area contributed by atoms with Crippen LogP contribution in [0.15, 0.2) is 243 Å². The smallest absolute Gasteiger partial charge is 0.0468 e. The van der Waals surface area contributed by atoms with Crippen molar-refractivity contribution in [1.82, 2.24) is 0 Å². The lowest BCUT2D eigenvalue weighted by molar-refractivity contribution is 0.666. The molecule has 0 radical (unpaired) electrons. The summed E-state index contributed by atoms with van der Waals surface area (Å²) in [7, 11) is 0. The molecule has 11 aromatic carbocycles. The molecule has 70 heavy (non-hydrogen) atoms. The number of hydrogen-bond donors (Lipinski definition) is 0. The van der Waals surface area contributed by atoms with Crippen molar-refractivity contribution in [3.8, 4) is 44.5 Å². The first-order chi connectivity index (χ1) is 34.2. The van der Waals surface area contributed by atoms with Crippen LogP contribution in [0.4, 0.5) is 34.1 Å². The van der Waals surface area contributed by atoms with Crippen LogP contribution < -0.4 is 9.80 Å². The number of fused-ring (bicyclic) bond motifs is 10. The van der Waals surface area contributed by atoms with Gasteiger partial charge in [0.1, 0.15) is 0 Å². The van der Waals surface area contributed by atoms with E-state index < -0.39 is 0 Å². The molecule has 2 aliphatic carbocycles. The van der Waals surface area contributed by atoms with E-state index in [0.717, 1.165) is 34.1 Å². The molecule has 2 aliphatic rings. The molecule has 0 atom stereocenters. The zero-order valence-corrected chi connectivity index (χ0v) is 40.0. The van der Waals surface area contributed by atoms with Crippen molar-refractivity contribution in [2.45, 2.75) is 38.5 Å². The summed E-state index contributed by atoms with van der Waals surface area (Å²) in [6.45, 7) is 9.46. The van der Waals surface area contributed by atoms with Crippen LogP contribution in [0.3, 0.4) is 0 Å². The molecule has 0 spiro atoms. The van der Waals surface area contributed by atoms with Gasteiger partial charge in [0, 0.05) is 45.0 Å². The monoisotopic (exact) mass is 896 g/mol. The highest BCUT2D eigenvalue weighted by Crippen LogP contribution is 2.53. The van der Waals surface area contributed by atoms with Crippen molar-refractivity contribution >= 4 is 55.7 Å². The SMILES string of the molecule is CC1(C)c2ccccc2-c2ccc3cc(N(c4ccccc4)c4ccc(-c5ccc(-c6ccc(N(c7ccccc7)c7ccc8c9c(ccc8c7)-c7ccccc7C9(C)C)cc6)cc5)cc4)ccc3c21. The van der Waals surface area contributed by atoms with E-state index in [4.69, 9.17) is 0 Å². The fraction of sp³-hybridized carbons (Fsp3) is 0.0882. The topological polar surface area (TPSA) is 6.48 Å². The average Bonchev–Trinajstić information content (AvgIpc) is 3.79. The Bertz CT molecular complexity index is 3540. The lowest BCUT2D eigenvalue weighted by Crippen LogP contribution is -2.15. The largest absolute Gasteiger partial charge is 0.310 e. The van der Waals surface area contributed by atoms with E-state index in [2.05, 4.69) is 280 Å². The van der Waals surface area contributed by atoms with Crippen LogP contribution in [0.5, 0.6) is 0 Å². The Kier molecular flexibility index (Phi) is 9.58. The van der Waals surface area contributed by atoms with Crippen molar-refractivity contribution in [2.75, 3.05) is 9.80 Å². The molecule has 11 aromatic rings. The van der Waals surface area contributed by atoms with Gasteiger partial charge < -0.3 is 9.80 Å². The summed E-state index contributed by atoms with van der Waals surface area (Å²) >= 11 is 0. The summed E-state index contributed by atoms with van der Waals surface area (Å²) in [5.41, 5.74) is 22.4. The first kappa shape index (κ1) is 41.7. The van der Waals surface area contributed by atoms with E-state index in [-0.39, 0.29) is 10.8 Å². The summed E-state index contributed by atoms with van der Waals surface area (Å²) in [6.07, 6.45) is 0. The maximum atomic E-state index is 2.37. The molecule has 0 bridgehead atoms. The molecule has 2 nitrogen and oxygen atoms in total. The second-order valence-corrected chi connectivity index (χ2v) is 20.1. The number of para-hydroxylation sites is 2. The third-order valence-corrected chi connectivity index (χ3v) is 15.4. The summed E-state index contributed by atoms with van der Waals surface area (Å²) in [5.74, 6) is 0. The first-order valence-electron chi connectivity index (χ1n) is 24.6. The van der Waals surface area contributed by atoms with Crippen LogP contribution in [0, 0.1) is 0 Å². The minimum atomic E-state index is -0.0673. The van der Waals surface area contributed by atoms with Gasteiger partial charge in [-0.1, -0.05) is 198 Å². The van der Waals surface area contributed by atoms with E-state index in [1.165, 1.54) is 88.3 Å². The van der Waals surface area contributed by atoms with Gasteiger partial charge in [-0.15, -0.1) is 0 Å². The van der Waals surface area contributed by atoms with Crippen molar-refractivity contribution in [2.24, 2.45) is 0 Å². The van der Waals surface area contributed by atoms with Crippen LogP contribution >= 0.6 is 0 Å². The number of benzene rings is 11. The molecule has 0 aromatic heterocycles. The van der Waals surface area contributed by atoms with E-state index in [0.29, 0.717) is 0 Å². The van der Waals surface area contributed by atoms with E-state index >= 15 is 0 Å². The normalized spacial score (nSPS) is 13.7. The first-order valence-corrected chi connectivity index (χ1v) is 24.6. The Morgan fingerprint density at radius 3 is 0.957 bits per heavy atom. The summed E-state index contributed by atoms with van der Waals surface area (Å²) in [6, 6.07) is 89.4. The van der Waals surface area contributed by atoms with Gasteiger partial charge in [0.25, 0.3) is 0 Å². The average molecular weight is 897 g/mol. The van der Waals surface area contributed by atoms with Gasteiger partial charge >= 0.3 is 0 Å². The summed E-state index contributed by atoms with van der Waals surface area (Å²) < 4.78 is 0. The Morgan fingerprint density at radius 1 is 0.257 bits per heavy atom. The maximum Gasteiger partial charge on any atom is 0.0468 e. The molecule has 0 saturated carbocycles. The molecule has 0 N–H and O–H groups in total. The van der Waals surface area contributed by atoms with E-state index in [1.54, 1.807) is 0 Å². The van der Waals surface area contributed by atoms with Crippen LogP contribution in [-0.4, -0.2) is 0 Å². The van der Waals surface area contributed by atoms with Crippen molar-refractivity contribution in [1.29, 1.82) is 0 Å². The number of nitrogens with zero attached hydrogens (tertiary/aromatic N) is 2. The molecule has 334 valence electrons. The van der Waals surface area contributed by atoms with E-state index in [1.807, 2.05) is 0 Å². The van der Waals surface area contributed by atoms with Gasteiger partial charge in [-0.25, -0.2) is 0 Å². The molecule has 2 heteroatoms. The van der Waals surface area contributed by atoms with Crippen LogP contribution in [-0.2, 0) is 10.8 Å². The highest BCUT2D eigenvalue weighted by atomic mass is 15.1. The molecular formula is C68H52N2.